The van der Waals surface area contributed by atoms with Gasteiger partial charge in [0, 0.05) is 25.0 Å². The summed E-state index contributed by atoms with van der Waals surface area (Å²) in [6.07, 6.45) is -0.136. The first-order chi connectivity index (χ1) is 12.4. The lowest BCUT2D eigenvalue weighted by molar-refractivity contribution is -0.145. The largest absolute Gasteiger partial charge is 0.480 e. The molecule has 2 N–H and O–H groups in total. The Labute approximate surface area is 154 Å². The van der Waals surface area contributed by atoms with Crippen LogP contribution in [0.15, 0.2) is 29.6 Å². The van der Waals surface area contributed by atoms with Crippen molar-refractivity contribution in [2.24, 2.45) is 0 Å². The topological polar surface area (TPSA) is 88.5 Å². The highest BCUT2D eigenvalue weighted by Gasteiger charge is 2.57. The van der Waals surface area contributed by atoms with Gasteiger partial charge in [0.1, 0.15) is 11.5 Å². The Balaban J connectivity index is 2.15. The molecular formula is C18H19FN2O4S. The van der Waals surface area contributed by atoms with Crippen LogP contribution < -0.4 is 5.32 Å². The smallest absolute Gasteiger partial charge is 0.332 e. The summed E-state index contributed by atoms with van der Waals surface area (Å²) in [5, 5.41) is 15.1. The first-order valence-electron chi connectivity index (χ1n) is 8.12. The van der Waals surface area contributed by atoms with Gasteiger partial charge in [-0.25, -0.2) is 14.2 Å². The van der Waals surface area contributed by atoms with Crippen molar-refractivity contribution in [1.29, 1.82) is 0 Å². The third kappa shape index (κ3) is 3.04. The van der Waals surface area contributed by atoms with Gasteiger partial charge < -0.3 is 9.84 Å². The second-order valence-corrected chi connectivity index (χ2v) is 7.30. The van der Waals surface area contributed by atoms with E-state index in [2.05, 4.69) is 10.3 Å². The van der Waals surface area contributed by atoms with Crippen molar-refractivity contribution < 1.29 is 23.8 Å². The molecule has 0 amide bonds. The van der Waals surface area contributed by atoms with E-state index in [9.17, 15) is 19.1 Å². The number of aliphatic carboxylic acids is 1. The van der Waals surface area contributed by atoms with Gasteiger partial charge in [-0.1, -0.05) is 18.2 Å². The Morgan fingerprint density at radius 3 is 2.73 bits per heavy atom. The molecule has 0 bridgehead atoms. The zero-order valence-electron chi connectivity index (χ0n) is 14.4. The molecule has 0 radical (unpaired) electrons. The fraction of sp³-hybridized carbons (Fsp3) is 0.389. The number of hydrogen-bond acceptors (Lipinski definition) is 6. The highest BCUT2D eigenvalue weighted by molar-refractivity contribution is 7.09. The van der Waals surface area contributed by atoms with Gasteiger partial charge in [-0.15, -0.1) is 11.3 Å². The average molecular weight is 378 g/mol. The number of thiazole rings is 1. The Morgan fingerprint density at radius 1 is 1.42 bits per heavy atom. The monoisotopic (exact) mass is 378 g/mol. The van der Waals surface area contributed by atoms with Gasteiger partial charge >= 0.3 is 5.97 Å². The number of carbonyl (C=O) groups excluding carboxylic acids is 1. The van der Waals surface area contributed by atoms with E-state index in [4.69, 9.17) is 4.74 Å². The standard InChI is InChI=1S/C18H19FN2O4S/c1-10-21-15(9-26-10)16(22)18(17(23)24)13(7-11(25-2)8-20-18)12-5-3-4-6-14(12)19/h3-6,9,11,13,20H,7-8H2,1-2H3,(H,23,24). The molecule has 6 nitrogen and oxygen atoms in total. The predicted molar refractivity (Wildman–Crippen MR) is 94.1 cm³/mol. The number of nitrogens with zero attached hydrogens (tertiary/aromatic N) is 1. The maximum atomic E-state index is 14.5. The fourth-order valence-corrected chi connectivity index (χ4v) is 4.04. The van der Waals surface area contributed by atoms with Gasteiger partial charge in [-0.3, -0.25) is 10.1 Å². The van der Waals surface area contributed by atoms with E-state index in [-0.39, 0.29) is 30.3 Å². The molecule has 1 fully saturated rings. The highest BCUT2D eigenvalue weighted by atomic mass is 32.1. The number of halogens is 1. The molecule has 3 rings (SSSR count). The number of carboxylic acids is 1. The third-order valence-corrected chi connectivity index (χ3v) is 5.56. The number of piperidine rings is 1. The molecule has 1 saturated heterocycles. The van der Waals surface area contributed by atoms with Crippen molar-refractivity contribution in [3.8, 4) is 0 Å². The summed E-state index contributed by atoms with van der Waals surface area (Å²) in [6, 6.07) is 5.92. The van der Waals surface area contributed by atoms with Crippen molar-refractivity contribution in [3.05, 3.63) is 51.7 Å². The number of methoxy groups -OCH3 is 1. The second-order valence-electron chi connectivity index (χ2n) is 6.24. The van der Waals surface area contributed by atoms with Crippen LogP contribution in [-0.2, 0) is 9.53 Å². The molecule has 1 aliphatic rings. The van der Waals surface area contributed by atoms with Crippen molar-refractivity contribution in [1.82, 2.24) is 10.3 Å². The third-order valence-electron chi connectivity index (χ3n) is 4.79. The zero-order valence-corrected chi connectivity index (χ0v) is 15.2. The minimum atomic E-state index is -2.00. The fourth-order valence-electron chi connectivity index (χ4n) is 3.45. The number of carboxylic acid groups (broad SMARTS) is 1. The molecule has 8 heteroatoms. The first kappa shape index (κ1) is 18.6. The molecule has 3 unspecified atom stereocenters. The summed E-state index contributed by atoms with van der Waals surface area (Å²) in [5.74, 6) is -3.51. The molecule has 26 heavy (non-hydrogen) atoms. The molecule has 2 aromatic rings. The van der Waals surface area contributed by atoms with Crippen molar-refractivity contribution in [3.63, 3.8) is 0 Å². The van der Waals surface area contributed by atoms with Crippen LogP contribution in [0.1, 0.15) is 33.4 Å². The van der Waals surface area contributed by atoms with E-state index < -0.39 is 29.0 Å². The summed E-state index contributed by atoms with van der Waals surface area (Å²) in [4.78, 5) is 29.7. The second kappa shape index (κ2) is 7.22. The van der Waals surface area contributed by atoms with Crippen LogP contribution in [-0.4, -0.2) is 47.1 Å². The summed E-state index contributed by atoms with van der Waals surface area (Å²) >= 11 is 1.26. The minimum Gasteiger partial charge on any atom is -0.480 e. The Hall–Kier alpha value is -2.16. The normalized spacial score (nSPS) is 25.8. The van der Waals surface area contributed by atoms with Crippen LogP contribution in [0.3, 0.4) is 0 Å². The van der Waals surface area contributed by atoms with E-state index in [0.717, 1.165) is 0 Å². The number of benzene rings is 1. The van der Waals surface area contributed by atoms with Crippen molar-refractivity contribution >= 4 is 23.1 Å². The highest BCUT2D eigenvalue weighted by Crippen LogP contribution is 2.40. The number of Topliss-reactive ketones (excluding diaryl/α,β-unsaturated/α-hetero) is 1. The Bertz CT molecular complexity index is 840. The van der Waals surface area contributed by atoms with Crippen molar-refractivity contribution in [2.75, 3.05) is 13.7 Å². The van der Waals surface area contributed by atoms with E-state index in [1.807, 2.05) is 0 Å². The maximum Gasteiger partial charge on any atom is 0.332 e. The van der Waals surface area contributed by atoms with Gasteiger partial charge in [0.25, 0.3) is 0 Å². The summed E-state index contributed by atoms with van der Waals surface area (Å²) in [7, 11) is 1.50. The van der Waals surface area contributed by atoms with E-state index in [0.29, 0.717) is 5.01 Å². The van der Waals surface area contributed by atoms with Gasteiger partial charge in [0.05, 0.1) is 11.1 Å². The quantitative estimate of drug-likeness (QED) is 0.614. The van der Waals surface area contributed by atoms with Gasteiger partial charge in [0.2, 0.25) is 5.78 Å². The predicted octanol–water partition coefficient (Wildman–Crippen LogP) is 2.39. The van der Waals surface area contributed by atoms with E-state index in [1.54, 1.807) is 13.0 Å². The van der Waals surface area contributed by atoms with E-state index >= 15 is 0 Å². The number of aromatic nitrogens is 1. The van der Waals surface area contributed by atoms with E-state index in [1.165, 1.54) is 42.0 Å². The van der Waals surface area contributed by atoms with Crippen LogP contribution >= 0.6 is 11.3 Å². The summed E-state index contributed by atoms with van der Waals surface area (Å²) in [6.45, 7) is 1.90. The molecule has 3 atom stereocenters. The number of ether oxygens (including phenoxy) is 1. The van der Waals surface area contributed by atoms with Crippen molar-refractivity contribution in [2.45, 2.75) is 30.9 Å². The number of carbonyl (C=O) groups is 2. The van der Waals surface area contributed by atoms with Crippen LogP contribution in [0.5, 0.6) is 0 Å². The van der Waals surface area contributed by atoms with Gasteiger partial charge in [0.15, 0.2) is 5.54 Å². The van der Waals surface area contributed by atoms with Gasteiger partial charge in [-0.2, -0.15) is 0 Å². The lowest BCUT2D eigenvalue weighted by Crippen LogP contribution is -2.67. The zero-order chi connectivity index (χ0) is 18.9. The number of hydrogen-bond donors (Lipinski definition) is 2. The molecule has 0 saturated carbocycles. The maximum absolute atomic E-state index is 14.5. The molecule has 0 aliphatic carbocycles. The molecule has 1 aromatic carbocycles. The van der Waals surface area contributed by atoms with Crippen LogP contribution in [0.4, 0.5) is 4.39 Å². The average Bonchev–Trinajstić information content (AvgIpc) is 3.07. The molecule has 138 valence electrons. The molecule has 1 aromatic heterocycles. The summed E-state index contributed by atoms with van der Waals surface area (Å²) in [5.41, 5.74) is -1.76. The SMILES string of the molecule is COC1CNC(C(=O)O)(C(=O)c2csc(C)n2)C(c2ccccc2F)C1. The number of nitrogens with one attached hydrogen (secondary N) is 1. The first-order valence-corrected chi connectivity index (χ1v) is 9.00. The Morgan fingerprint density at radius 2 is 2.15 bits per heavy atom. The lowest BCUT2D eigenvalue weighted by Gasteiger charge is -2.43. The minimum absolute atomic E-state index is 0.0691. The molecule has 1 aliphatic heterocycles. The molecule has 2 heterocycles. The Kier molecular flexibility index (Phi) is 5.17. The summed E-state index contributed by atoms with van der Waals surface area (Å²) < 4.78 is 19.8. The number of ketones is 1. The van der Waals surface area contributed by atoms with Crippen LogP contribution in [0.25, 0.3) is 0 Å². The van der Waals surface area contributed by atoms with Crippen LogP contribution in [0.2, 0.25) is 0 Å². The molecular weight excluding hydrogens is 359 g/mol. The van der Waals surface area contributed by atoms with Crippen LogP contribution in [0, 0.1) is 12.7 Å². The lowest BCUT2D eigenvalue weighted by atomic mass is 9.70. The molecule has 0 spiro atoms. The number of rotatable bonds is 5. The van der Waals surface area contributed by atoms with Gasteiger partial charge in [-0.05, 0) is 25.0 Å². The number of aryl methyl sites for hydroxylation is 1.